The molecule has 0 aliphatic rings. The van der Waals surface area contributed by atoms with E-state index in [1.54, 1.807) is 16.8 Å². The predicted molar refractivity (Wildman–Crippen MR) is 75.1 cm³/mol. The standard InChI is InChI=1S/C14H20N4O/c1-14(2,3)13-16-12(18(4)17-13)9-15-10-5-7-11(19)8-6-10/h5-8,15,19H,9H2,1-4H3. The van der Waals surface area contributed by atoms with E-state index in [1.165, 1.54) is 0 Å². The lowest BCUT2D eigenvalue weighted by molar-refractivity contribution is 0.475. The van der Waals surface area contributed by atoms with Crippen LogP contribution in [-0.2, 0) is 19.0 Å². The van der Waals surface area contributed by atoms with E-state index in [9.17, 15) is 5.11 Å². The molecule has 0 amide bonds. The van der Waals surface area contributed by atoms with Gasteiger partial charge in [-0.3, -0.25) is 4.68 Å². The second-order valence-electron chi connectivity index (χ2n) is 5.63. The van der Waals surface area contributed by atoms with Crippen LogP contribution in [0.1, 0.15) is 32.4 Å². The van der Waals surface area contributed by atoms with Crippen molar-refractivity contribution in [3.63, 3.8) is 0 Å². The summed E-state index contributed by atoms with van der Waals surface area (Å²) >= 11 is 0. The van der Waals surface area contributed by atoms with Crippen molar-refractivity contribution in [3.8, 4) is 5.75 Å². The Morgan fingerprint density at radius 2 is 1.84 bits per heavy atom. The second kappa shape index (κ2) is 4.91. The molecule has 0 atom stereocenters. The topological polar surface area (TPSA) is 63.0 Å². The summed E-state index contributed by atoms with van der Waals surface area (Å²) in [6.45, 7) is 6.89. The van der Waals surface area contributed by atoms with E-state index in [2.05, 4.69) is 36.2 Å². The largest absolute Gasteiger partial charge is 0.508 e. The molecule has 0 fully saturated rings. The molecule has 102 valence electrons. The van der Waals surface area contributed by atoms with Gasteiger partial charge in [-0.15, -0.1) is 0 Å². The maximum Gasteiger partial charge on any atom is 0.156 e. The quantitative estimate of drug-likeness (QED) is 0.832. The summed E-state index contributed by atoms with van der Waals surface area (Å²) in [6, 6.07) is 6.96. The van der Waals surface area contributed by atoms with Gasteiger partial charge in [0.05, 0.1) is 6.54 Å². The van der Waals surface area contributed by atoms with Crippen molar-refractivity contribution in [2.45, 2.75) is 32.7 Å². The van der Waals surface area contributed by atoms with Gasteiger partial charge < -0.3 is 10.4 Å². The fraction of sp³-hybridized carbons (Fsp3) is 0.429. The van der Waals surface area contributed by atoms with Gasteiger partial charge in [-0.2, -0.15) is 5.10 Å². The van der Waals surface area contributed by atoms with E-state index in [0.717, 1.165) is 17.3 Å². The van der Waals surface area contributed by atoms with E-state index in [4.69, 9.17) is 0 Å². The molecule has 0 aliphatic carbocycles. The van der Waals surface area contributed by atoms with Gasteiger partial charge in [-0.25, -0.2) is 4.98 Å². The van der Waals surface area contributed by atoms with E-state index in [1.807, 2.05) is 19.2 Å². The first-order chi connectivity index (χ1) is 8.86. The third-order valence-electron chi connectivity index (χ3n) is 2.84. The molecule has 19 heavy (non-hydrogen) atoms. The van der Waals surface area contributed by atoms with E-state index in [-0.39, 0.29) is 11.2 Å². The number of aromatic hydroxyl groups is 1. The molecule has 2 N–H and O–H groups in total. The molecule has 0 unspecified atom stereocenters. The van der Waals surface area contributed by atoms with Crippen LogP contribution in [0.3, 0.4) is 0 Å². The van der Waals surface area contributed by atoms with Gasteiger partial charge in [-0.05, 0) is 24.3 Å². The lowest BCUT2D eigenvalue weighted by Crippen LogP contribution is -2.13. The first kappa shape index (κ1) is 13.4. The van der Waals surface area contributed by atoms with Crippen molar-refractivity contribution in [2.24, 2.45) is 7.05 Å². The highest BCUT2D eigenvalue weighted by Crippen LogP contribution is 2.19. The zero-order chi connectivity index (χ0) is 14.0. The van der Waals surface area contributed by atoms with Crippen molar-refractivity contribution in [1.29, 1.82) is 0 Å². The number of phenols is 1. The molecule has 1 heterocycles. The molecule has 1 aromatic heterocycles. The fourth-order valence-corrected chi connectivity index (χ4v) is 1.65. The molecular weight excluding hydrogens is 240 g/mol. The van der Waals surface area contributed by atoms with Gasteiger partial charge in [0.25, 0.3) is 0 Å². The SMILES string of the molecule is Cn1nc(C(C)(C)C)nc1CNc1ccc(O)cc1. The normalized spacial score (nSPS) is 11.6. The summed E-state index contributed by atoms with van der Waals surface area (Å²) < 4.78 is 1.80. The number of aromatic nitrogens is 3. The minimum absolute atomic E-state index is 0.0471. The van der Waals surface area contributed by atoms with Gasteiger partial charge in [0.2, 0.25) is 0 Å². The number of nitrogens with zero attached hydrogens (tertiary/aromatic N) is 3. The molecular formula is C14H20N4O. The Hall–Kier alpha value is -2.04. The smallest absolute Gasteiger partial charge is 0.156 e. The Balaban J connectivity index is 2.07. The number of phenolic OH excluding ortho intramolecular Hbond substituents is 1. The van der Waals surface area contributed by atoms with E-state index >= 15 is 0 Å². The summed E-state index contributed by atoms with van der Waals surface area (Å²) in [5.41, 5.74) is 0.896. The zero-order valence-electron chi connectivity index (χ0n) is 11.8. The Labute approximate surface area is 113 Å². The van der Waals surface area contributed by atoms with Crippen LogP contribution in [0.5, 0.6) is 5.75 Å². The summed E-state index contributed by atoms with van der Waals surface area (Å²) in [7, 11) is 1.90. The zero-order valence-corrected chi connectivity index (χ0v) is 11.8. The van der Waals surface area contributed by atoms with Crippen LogP contribution in [-0.4, -0.2) is 19.9 Å². The molecule has 0 spiro atoms. The van der Waals surface area contributed by atoms with Crippen LogP contribution in [0.2, 0.25) is 0 Å². The third-order valence-corrected chi connectivity index (χ3v) is 2.84. The van der Waals surface area contributed by atoms with Crippen molar-refractivity contribution in [3.05, 3.63) is 35.9 Å². The van der Waals surface area contributed by atoms with Gasteiger partial charge in [0, 0.05) is 18.2 Å². The highest BCUT2D eigenvalue weighted by molar-refractivity contribution is 5.45. The second-order valence-corrected chi connectivity index (χ2v) is 5.63. The Kier molecular flexibility index (Phi) is 3.46. The van der Waals surface area contributed by atoms with Gasteiger partial charge >= 0.3 is 0 Å². The van der Waals surface area contributed by atoms with Crippen LogP contribution in [0.4, 0.5) is 5.69 Å². The molecule has 5 heteroatoms. The van der Waals surface area contributed by atoms with Crippen molar-refractivity contribution in [1.82, 2.24) is 14.8 Å². The lowest BCUT2D eigenvalue weighted by Gasteiger charge is -2.12. The van der Waals surface area contributed by atoms with Crippen molar-refractivity contribution < 1.29 is 5.11 Å². The Bertz CT molecular complexity index is 552. The molecule has 0 saturated heterocycles. The number of aryl methyl sites for hydroxylation is 1. The first-order valence-corrected chi connectivity index (χ1v) is 6.29. The van der Waals surface area contributed by atoms with E-state index < -0.39 is 0 Å². The minimum Gasteiger partial charge on any atom is -0.508 e. The van der Waals surface area contributed by atoms with Gasteiger partial charge in [0.15, 0.2) is 5.82 Å². The molecule has 1 aromatic carbocycles. The van der Waals surface area contributed by atoms with E-state index in [0.29, 0.717) is 6.54 Å². The minimum atomic E-state index is -0.0471. The number of rotatable bonds is 3. The molecule has 0 aliphatic heterocycles. The fourth-order valence-electron chi connectivity index (χ4n) is 1.65. The summed E-state index contributed by atoms with van der Waals surface area (Å²) in [6.07, 6.45) is 0. The number of hydrogen-bond donors (Lipinski definition) is 2. The highest BCUT2D eigenvalue weighted by Gasteiger charge is 2.20. The summed E-state index contributed by atoms with van der Waals surface area (Å²) in [5.74, 6) is 2.00. The van der Waals surface area contributed by atoms with Crippen molar-refractivity contribution >= 4 is 5.69 Å². The summed E-state index contributed by atoms with van der Waals surface area (Å²) in [5, 5.41) is 16.9. The maximum absolute atomic E-state index is 9.22. The average Bonchev–Trinajstić information content (AvgIpc) is 2.70. The molecule has 2 rings (SSSR count). The number of anilines is 1. The van der Waals surface area contributed by atoms with Gasteiger partial charge in [0.1, 0.15) is 11.6 Å². The van der Waals surface area contributed by atoms with Crippen LogP contribution in [0.25, 0.3) is 0 Å². The Morgan fingerprint density at radius 3 is 2.37 bits per heavy atom. The number of nitrogens with one attached hydrogen (secondary N) is 1. The predicted octanol–water partition coefficient (Wildman–Crippen LogP) is 2.43. The number of hydrogen-bond acceptors (Lipinski definition) is 4. The third kappa shape index (κ3) is 3.24. The first-order valence-electron chi connectivity index (χ1n) is 6.29. The average molecular weight is 260 g/mol. The van der Waals surface area contributed by atoms with Crippen LogP contribution in [0.15, 0.2) is 24.3 Å². The van der Waals surface area contributed by atoms with Crippen LogP contribution in [0, 0.1) is 0 Å². The monoisotopic (exact) mass is 260 g/mol. The Morgan fingerprint density at radius 1 is 1.21 bits per heavy atom. The highest BCUT2D eigenvalue weighted by atomic mass is 16.3. The van der Waals surface area contributed by atoms with Crippen LogP contribution >= 0.6 is 0 Å². The van der Waals surface area contributed by atoms with Crippen molar-refractivity contribution in [2.75, 3.05) is 5.32 Å². The van der Waals surface area contributed by atoms with Crippen LogP contribution < -0.4 is 5.32 Å². The number of benzene rings is 1. The molecule has 0 bridgehead atoms. The summed E-state index contributed by atoms with van der Waals surface area (Å²) in [4.78, 5) is 4.55. The molecule has 5 nitrogen and oxygen atoms in total. The maximum atomic E-state index is 9.22. The van der Waals surface area contributed by atoms with Gasteiger partial charge in [-0.1, -0.05) is 20.8 Å². The molecule has 2 aromatic rings. The molecule has 0 radical (unpaired) electrons. The molecule has 0 saturated carbocycles. The lowest BCUT2D eigenvalue weighted by atomic mass is 9.96.